The van der Waals surface area contributed by atoms with Gasteiger partial charge < -0.3 is 5.11 Å². The predicted octanol–water partition coefficient (Wildman–Crippen LogP) is 1.12. The summed E-state index contributed by atoms with van der Waals surface area (Å²) < 4.78 is 0. The molecule has 46 valence electrons. The van der Waals surface area contributed by atoms with Gasteiger partial charge in [0.25, 0.3) is 0 Å². The third-order valence-corrected chi connectivity index (χ3v) is 2.15. The average Bonchev–Trinajstić information content (AvgIpc) is 2.17. The van der Waals surface area contributed by atoms with Gasteiger partial charge in [-0.1, -0.05) is 6.92 Å². The topological polar surface area (TPSA) is 37.3 Å². The molecule has 0 aromatic rings. The number of rotatable bonds is 1. The average molecular weight is 114 g/mol. The van der Waals surface area contributed by atoms with Crippen LogP contribution in [0.1, 0.15) is 20.3 Å². The summed E-state index contributed by atoms with van der Waals surface area (Å²) in [4.78, 5) is 10.3. The molecule has 0 bridgehead atoms. The van der Waals surface area contributed by atoms with E-state index in [1.807, 2.05) is 6.92 Å². The van der Waals surface area contributed by atoms with E-state index < -0.39 is 5.97 Å². The second kappa shape index (κ2) is 1.24. The fraction of sp³-hybridized carbons (Fsp3) is 0.833. The molecule has 0 aliphatic heterocycles. The van der Waals surface area contributed by atoms with Crippen LogP contribution in [0.15, 0.2) is 0 Å². The van der Waals surface area contributed by atoms with Gasteiger partial charge in [0.1, 0.15) is 0 Å². The Labute approximate surface area is 48.5 Å². The highest BCUT2D eigenvalue weighted by atomic mass is 16.4. The molecule has 0 saturated heterocycles. The van der Waals surface area contributed by atoms with Gasteiger partial charge in [0.05, 0.1) is 5.41 Å². The summed E-state index contributed by atoms with van der Waals surface area (Å²) in [6.07, 6.45) is 0.850. The molecule has 2 heteroatoms. The minimum atomic E-state index is -0.648. The smallest absolute Gasteiger partial charge is 0.309 e. The van der Waals surface area contributed by atoms with Crippen molar-refractivity contribution in [3.05, 3.63) is 0 Å². The first-order chi connectivity index (χ1) is 3.57. The summed E-state index contributed by atoms with van der Waals surface area (Å²) in [5, 5.41) is 8.48. The Bertz CT molecular complexity index is 130. The van der Waals surface area contributed by atoms with Crippen molar-refractivity contribution in [1.29, 1.82) is 0 Å². The van der Waals surface area contributed by atoms with Crippen LogP contribution in [0.25, 0.3) is 0 Å². The Morgan fingerprint density at radius 3 is 2.25 bits per heavy atom. The predicted molar refractivity (Wildman–Crippen MR) is 29.5 cm³/mol. The zero-order chi connectivity index (χ0) is 6.36. The third-order valence-electron chi connectivity index (χ3n) is 2.15. The van der Waals surface area contributed by atoms with Gasteiger partial charge in [-0.05, 0) is 19.3 Å². The fourth-order valence-electron chi connectivity index (χ4n) is 0.875. The molecule has 1 saturated carbocycles. The van der Waals surface area contributed by atoms with Crippen molar-refractivity contribution in [1.82, 2.24) is 0 Å². The molecule has 2 nitrogen and oxygen atoms in total. The van der Waals surface area contributed by atoms with Gasteiger partial charge in [0.2, 0.25) is 0 Å². The van der Waals surface area contributed by atoms with Crippen molar-refractivity contribution in [2.45, 2.75) is 20.3 Å². The molecule has 2 atom stereocenters. The maximum Gasteiger partial charge on any atom is 0.309 e. The van der Waals surface area contributed by atoms with Gasteiger partial charge in [-0.15, -0.1) is 0 Å². The van der Waals surface area contributed by atoms with Crippen molar-refractivity contribution in [3.8, 4) is 0 Å². The number of carboxylic acids is 1. The van der Waals surface area contributed by atoms with E-state index in [-0.39, 0.29) is 5.41 Å². The first kappa shape index (κ1) is 5.60. The highest BCUT2D eigenvalue weighted by molar-refractivity contribution is 5.77. The van der Waals surface area contributed by atoms with Gasteiger partial charge in [-0.25, -0.2) is 0 Å². The lowest BCUT2D eigenvalue weighted by Crippen LogP contribution is -2.11. The molecule has 1 aliphatic rings. The van der Waals surface area contributed by atoms with Crippen molar-refractivity contribution in [2.75, 3.05) is 0 Å². The highest BCUT2D eigenvalue weighted by Crippen LogP contribution is 2.51. The molecule has 0 spiro atoms. The van der Waals surface area contributed by atoms with Gasteiger partial charge >= 0.3 is 5.97 Å². The lowest BCUT2D eigenvalue weighted by atomic mass is 10.1. The molecule has 0 radical (unpaired) electrons. The van der Waals surface area contributed by atoms with Crippen LogP contribution in [0.4, 0.5) is 0 Å². The summed E-state index contributed by atoms with van der Waals surface area (Å²) in [5.41, 5.74) is -0.375. The second-order valence-electron chi connectivity index (χ2n) is 2.83. The van der Waals surface area contributed by atoms with E-state index in [9.17, 15) is 4.79 Å². The Kier molecular flexibility index (Phi) is 0.872. The molecule has 0 aromatic heterocycles. The van der Waals surface area contributed by atoms with E-state index in [1.165, 1.54) is 0 Å². The summed E-state index contributed by atoms with van der Waals surface area (Å²) in [5.74, 6) is -0.259. The molecule has 1 N–H and O–H groups in total. The van der Waals surface area contributed by atoms with E-state index in [4.69, 9.17) is 5.11 Å². The normalized spacial score (nSPS) is 44.0. The molecular weight excluding hydrogens is 104 g/mol. The third kappa shape index (κ3) is 0.522. The van der Waals surface area contributed by atoms with Crippen LogP contribution in [0.5, 0.6) is 0 Å². The van der Waals surface area contributed by atoms with Crippen LogP contribution in [-0.4, -0.2) is 11.1 Å². The molecule has 1 fully saturated rings. The Hall–Kier alpha value is -0.530. The highest BCUT2D eigenvalue weighted by Gasteiger charge is 2.53. The van der Waals surface area contributed by atoms with Gasteiger partial charge in [0, 0.05) is 0 Å². The molecule has 1 rings (SSSR count). The van der Waals surface area contributed by atoms with Crippen LogP contribution in [0.3, 0.4) is 0 Å². The zero-order valence-electron chi connectivity index (χ0n) is 5.14. The number of hydrogen-bond acceptors (Lipinski definition) is 1. The van der Waals surface area contributed by atoms with Crippen molar-refractivity contribution >= 4 is 5.97 Å². The maximum absolute atomic E-state index is 10.3. The van der Waals surface area contributed by atoms with Crippen LogP contribution in [0.2, 0.25) is 0 Å². The monoisotopic (exact) mass is 114 g/mol. The molecule has 1 aliphatic carbocycles. The standard InChI is InChI=1S/C6H10O2/c1-4-3-6(4,2)5(7)8/h4H,3H2,1-2H3,(H,7,8)/t4?,6-/m1/s1. The van der Waals surface area contributed by atoms with E-state index in [2.05, 4.69) is 0 Å². The summed E-state index contributed by atoms with van der Waals surface area (Å²) in [7, 11) is 0. The van der Waals surface area contributed by atoms with E-state index in [1.54, 1.807) is 6.92 Å². The second-order valence-corrected chi connectivity index (χ2v) is 2.83. The SMILES string of the molecule is CC1C[C@@]1(C)C(=O)O. The summed E-state index contributed by atoms with van der Waals surface area (Å²) in [6.45, 7) is 3.76. The zero-order valence-corrected chi connectivity index (χ0v) is 5.14. The van der Waals surface area contributed by atoms with Gasteiger partial charge in [0.15, 0.2) is 0 Å². The van der Waals surface area contributed by atoms with Crippen molar-refractivity contribution < 1.29 is 9.90 Å². The lowest BCUT2D eigenvalue weighted by Gasteiger charge is -1.98. The summed E-state index contributed by atoms with van der Waals surface area (Å²) >= 11 is 0. The number of aliphatic carboxylic acids is 1. The van der Waals surface area contributed by atoms with Crippen LogP contribution in [0, 0.1) is 11.3 Å². The number of hydrogen-bond donors (Lipinski definition) is 1. The maximum atomic E-state index is 10.3. The van der Waals surface area contributed by atoms with Gasteiger partial charge in [-0.2, -0.15) is 0 Å². The molecule has 0 amide bonds. The molecule has 0 heterocycles. The largest absolute Gasteiger partial charge is 0.481 e. The van der Waals surface area contributed by atoms with Crippen LogP contribution < -0.4 is 0 Å². The molecule has 1 unspecified atom stereocenters. The molecule has 0 aromatic carbocycles. The first-order valence-electron chi connectivity index (χ1n) is 2.81. The van der Waals surface area contributed by atoms with Gasteiger partial charge in [-0.3, -0.25) is 4.79 Å². The first-order valence-corrected chi connectivity index (χ1v) is 2.81. The van der Waals surface area contributed by atoms with E-state index >= 15 is 0 Å². The summed E-state index contributed by atoms with van der Waals surface area (Å²) in [6, 6.07) is 0. The molecular formula is C6H10O2. The van der Waals surface area contributed by atoms with Crippen molar-refractivity contribution in [2.24, 2.45) is 11.3 Å². The molecule has 8 heavy (non-hydrogen) atoms. The Morgan fingerprint density at radius 2 is 2.25 bits per heavy atom. The quantitative estimate of drug-likeness (QED) is 0.554. The number of carbonyl (C=O) groups is 1. The minimum Gasteiger partial charge on any atom is -0.481 e. The number of carboxylic acid groups (broad SMARTS) is 1. The Morgan fingerprint density at radius 1 is 1.88 bits per heavy atom. The van der Waals surface area contributed by atoms with E-state index in [0.717, 1.165) is 6.42 Å². The van der Waals surface area contributed by atoms with E-state index in [0.29, 0.717) is 5.92 Å². The lowest BCUT2D eigenvalue weighted by molar-refractivity contribution is -0.143. The minimum absolute atomic E-state index is 0.375. The fourth-order valence-corrected chi connectivity index (χ4v) is 0.875. The van der Waals surface area contributed by atoms with Crippen LogP contribution >= 0.6 is 0 Å². The Balaban J connectivity index is 2.60. The van der Waals surface area contributed by atoms with Crippen LogP contribution in [-0.2, 0) is 4.79 Å². The van der Waals surface area contributed by atoms with Crippen molar-refractivity contribution in [3.63, 3.8) is 0 Å².